The maximum atomic E-state index is 12.3. The summed E-state index contributed by atoms with van der Waals surface area (Å²) in [6.07, 6.45) is -0.193. The number of amides is 2. The summed E-state index contributed by atoms with van der Waals surface area (Å²) in [5.41, 5.74) is 0.706. The van der Waals surface area contributed by atoms with Crippen molar-refractivity contribution in [1.82, 2.24) is 19.7 Å². The van der Waals surface area contributed by atoms with E-state index in [1.807, 2.05) is 32.7 Å². The monoisotopic (exact) mass is 397 g/mol. The van der Waals surface area contributed by atoms with E-state index >= 15 is 0 Å². The van der Waals surface area contributed by atoms with Gasteiger partial charge in [-0.1, -0.05) is 0 Å². The standard InChI is InChI=1S/C18H31N5O3S/c1-18(2,3)26-17(25)20-7-6-15(24)23-10-8-22(9-11-23)12-14-13-27-16(19-4)21(14)5/h13H,6-12H2,1-5H3,(H,20,25). The third kappa shape index (κ3) is 6.66. The first-order valence-corrected chi connectivity index (χ1v) is 10.1. The molecule has 27 heavy (non-hydrogen) atoms. The van der Waals surface area contributed by atoms with Crippen molar-refractivity contribution in [3.63, 3.8) is 0 Å². The molecule has 0 spiro atoms. The Balaban J connectivity index is 1.71. The molecule has 9 heteroatoms. The van der Waals surface area contributed by atoms with Gasteiger partial charge in [-0.25, -0.2) is 4.79 Å². The van der Waals surface area contributed by atoms with Gasteiger partial charge in [0.15, 0.2) is 4.80 Å². The summed E-state index contributed by atoms with van der Waals surface area (Å²) in [4.78, 5) is 33.4. The van der Waals surface area contributed by atoms with E-state index in [0.29, 0.717) is 26.1 Å². The van der Waals surface area contributed by atoms with E-state index < -0.39 is 11.7 Å². The lowest BCUT2D eigenvalue weighted by Gasteiger charge is -2.34. The maximum Gasteiger partial charge on any atom is 0.407 e. The van der Waals surface area contributed by atoms with Crippen molar-refractivity contribution in [3.05, 3.63) is 15.9 Å². The number of piperazine rings is 1. The third-order valence-corrected chi connectivity index (χ3v) is 5.38. The van der Waals surface area contributed by atoms with Crippen molar-refractivity contribution in [2.75, 3.05) is 39.8 Å². The molecule has 1 aliphatic heterocycles. The van der Waals surface area contributed by atoms with Crippen LogP contribution in [0.5, 0.6) is 0 Å². The zero-order chi connectivity index (χ0) is 20.0. The molecule has 1 fully saturated rings. The number of alkyl carbamates (subject to hydrolysis) is 1. The summed E-state index contributed by atoms with van der Waals surface area (Å²) in [6, 6.07) is 0. The van der Waals surface area contributed by atoms with Gasteiger partial charge in [-0.3, -0.25) is 14.7 Å². The van der Waals surface area contributed by atoms with Crippen molar-refractivity contribution in [3.8, 4) is 0 Å². The molecule has 0 radical (unpaired) electrons. The van der Waals surface area contributed by atoms with Crippen molar-refractivity contribution < 1.29 is 14.3 Å². The number of carbonyl (C=O) groups excluding carboxylic acids is 2. The van der Waals surface area contributed by atoms with Crippen molar-refractivity contribution in [1.29, 1.82) is 0 Å². The Morgan fingerprint density at radius 3 is 2.48 bits per heavy atom. The second-order valence-corrected chi connectivity index (χ2v) is 8.46. The van der Waals surface area contributed by atoms with Gasteiger partial charge in [0.1, 0.15) is 5.60 Å². The number of nitrogens with zero attached hydrogens (tertiary/aromatic N) is 4. The second kappa shape index (κ2) is 9.36. The molecule has 2 heterocycles. The average Bonchev–Trinajstić information content (AvgIpc) is 2.93. The van der Waals surface area contributed by atoms with Crippen LogP contribution in [0.4, 0.5) is 4.79 Å². The molecule has 1 aliphatic rings. The average molecular weight is 398 g/mol. The summed E-state index contributed by atoms with van der Waals surface area (Å²) in [5, 5.41) is 4.78. The van der Waals surface area contributed by atoms with E-state index in [9.17, 15) is 9.59 Å². The highest BCUT2D eigenvalue weighted by atomic mass is 32.1. The normalized spacial score (nSPS) is 16.5. The number of carbonyl (C=O) groups is 2. The van der Waals surface area contributed by atoms with E-state index in [2.05, 4.69) is 25.2 Å². The topological polar surface area (TPSA) is 79.2 Å². The van der Waals surface area contributed by atoms with Crippen LogP contribution in [0.25, 0.3) is 0 Å². The number of hydrogen-bond acceptors (Lipinski definition) is 6. The lowest BCUT2D eigenvalue weighted by molar-refractivity contribution is -0.132. The van der Waals surface area contributed by atoms with Gasteiger partial charge in [-0.15, -0.1) is 11.3 Å². The minimum absolute atomic E-state index is 0.0684. The van der Waals surface area contributed by atoms with E-state index in [4.69, 9.17) is 4.74 Å². The number of aromatic nitrogens is 1. The number of hydrogen-bond donors (Lipinski definition) is 1. The van der Waals surface area contributed by atoms with Crippen LogP contribution in [-0.4, -0.2) is 71.7 Å². The van der Waals surface area contributed by atoms with Gasteiger partial charge in [0.2, 0.25) is 5.91 Å². The molecule has 0 atom stereocenters. The molecular formula is C18H31N5O3S. The molecule has 0 bridgehead atoms. The SMILES string of the molecule is CN=c1scc(CN2CCN(C(=O)CCNC(=O)OC(C)(C)C)CC2)n1C. The largest absolute Gasteiger partial charge is 0.444 e. The van der Waals surface area contributed by atoms with E-state index in [-0.39, 0.29) is 5.91 Å². The van der Waals surface area contributed by atoms with Crippen molar-refractivity contribution >= 4 is 23.3 Å². The Bertz CT molecular complexity index is 711. The number of thiazole rings is 1. The molecule has 2 rings (SSSR count). The fourth-order valence-electron chi connectivity index (χ4n) is 2.88. The summed E-state index contributed by atoms with van der Waals surface area (Å²) >= 11 is 1.65. The van der Waals surface area contributed by atoms with Gasteiger partial charge in [-0.2, -0.15) is 0 Å². The first-order valence-electron chi connectivity index (χ1n) is 9.23. The van der Waals surface area contributed by atoms with Crippen LogP contribution < -0.4 is 10.1 Å². The Kier molecular flexibility index (Phi) is 7.43. The minimum Gasteiger partial charge on any atom is -0.444 e. The van der Waals surface area contributed by atoms with Crippen molar-refractivity contribution in [2.24, 2.45) is 12.0 Å². The van der Waals surface area contributed by atoms with Crippen LogP contribution in [0, 0.1) is 0 Å². The zero-order valence-corrected chi connectivity index (χ0v) is 17.8. The number of ether oxygens (including phenoxy) is 1. The molecule has 0 saturated carbocycles. The van der Waals surface area contributed by atoms with E-state index in [1.165, 1.54) is 5.69 Å². The summed E-state index contributed by atoms with van der Waals surface area (Å²) in [6.45, 7) is 9.71. The minimum atomic E-state index is -0.532. The highest BCUT2D eigenvalue weighted by Crippen LogP contribution is 2.10. The summed E-state index contributed by atoms with van der Waals surface area (Å²) in [5.74, 6) is 0.0684. The lowest BCUT2D eigenvalue weighted by Crippen LogP contribution is -2.49. The van der Waals surface area contributed by atoms with Crippen LogP contribution in [0.1, 0.15) is 32.9 Å². The van der Waals surface area contributed by atoms with Gasteiger partial charge in [0.05, 0.1) is 0 Å². The fourth-order valence-corrected chi connectivity index (χ4v) is 3.73. The molecule has 0 aromatic carbocycles. The predicted molar refractivity (Wildman–Crippen MR) is 105 cm³/mol. The molecule has 1 aromatic heterocycles. The number of nitrogens with one attached hydrogen (secondary N) is 1. The number of rotatable bonds is 5. The van der Waals surface area contributed by atoms with Crippen LogP contribution >= 0.6 is 11.3 Å². The fraction of sp³-hybridized carbons (Fsp3) is 0.722. The van der Waals surface area contributed by atoms with E-state index in [0.717, 1.165) is 24.4 Å². The Morgan fingerprint density at radius 1 is 1.26 bits per heavy atom. The summed E-state index contributed by atoms with van der Waals surface area (Å²) < 4.78 is 7.28. The first kappa shape index (κ1) is 21.4. The van der Waals surface area contributed by atoms with Crippen LogP contribution in [0.15, 0.2) is 10.4 Å². The van der Waals surface area contributed by atoms with Crippen LogP contribution in [0.3, 0.4) is 0 Å². The third-order valence-electron chi connectivity index (χ3n) is 4.33. The van der Waals surface area contributed by atoms with Gasteiger partial charge < -0.3 is 19.5 Å². The Labute approximate surface area is 164 Å². The highest BCUT2D eigenvalue weighted by molar-refractivity contribution is 7.07. The lowest BCUT2D eigenvalue weighted by atomic mass is 10.2. The molecule has 1 saturated heterocycles. The molecule has 1 N–H and O–H groups in total. The first-order chi connectivity index (χ1) is 12.7. The van der Waals surface area contributed by atoms with Gasteiger partial charge >= 0.3 is 6.09 Å². The molecule has 0 unspecified atom stereocenters. The maximum absolute atomic E-state index is 12.3. The summed E-state index contributed by atoms with van der Waals surface area (Å²) in [7, 11) is 3.84. The molecular weight excluding hydrogens is 366 g/mol. The molecule has 152 valence electrons. The van der Waals surface area contributed by atoms with Crippen LogP contribution in [-0.2, 0) is 23.1 Å². The second-order valence-electron chi connectivity index (χ2n) is 7.63. The Morgan fingerprint density at radius 2 is 1.93 bits per heavy atom. The van der Waals surface area contributed by atoms with E-state index in [1.54, 1.807) is 18.4 Å². The molecule has 8 nitrogen and oxygen atoms in total. The van der Waals surface area contributed by atoms with Gasteiger partial charge in [0, 0.05) is 70.9 Å². The Hall–Kier alpha value is -1.87. The highest BCUT2D eigenvalue weighted by Gasteiger charge is 2.22. The zero-order valence-electron chi connectivity index (χ0n) is 16.9. The smallest absolute Gasteiger partial charge is 0.407 e. The van der Waals surface area contributed by atoms with Gasteiger partial charge in [0.25, 0.3) is 0 Å². The molecule has 0 aliphatic carbocycles. The molecule has 2 amide bonds. The molecule has 1 aromatic rings. The van der Waals surface area contributed by atoms with Crippen molar-refractivity contribution in [2.45, 2.75) is 39.3 Å². The predicted octanol–water partition coefficient (Wildman–Crippen LogP) is 1.18. The van der Waals surface area contributed by atoms with Crippen LogP contribution in [0.2, 0.25) is 0 Å². The van der Waals surface area contributed by atoms with Gasteiger partial charge in [-0.05, 0) is 20.8 Å². The quantitative estimate of drug-likeness (QED) is 0.809.